The minimum Gasteiger partial charge on any atom is -0.480 e. The number of halogens is 2. The zero-order valence-electron chi connectivity index (χ0n) is 10.5. The van der Waals surface area contributed by atoms with E-state index in [1.165, 1.54) is 6.92 Å². The van der Waals surface area contributed by atoms with Gasteiger partial charge in [-0.15, -0.1) is 0 Å². The van der Waals surface area contributed by atoms with Crippen molar-refractivity contribution in [2.24, 2.45) is 0 Å². The molecular weight excluding hydrogens is 274 g/mol. The number of hydrogen-bond donors (Lipinski definition) is 3. The number of aryl methyl sites for hydroxylation is 1. The normalized spacial score (nSPS) is 9.95. The highest BCUT2D eigenvalue weighted by atomic mass is 19.1. The molecule has 0 fully saturated rings. The Balaban J connectivity index is 2.61. The van der Waals surface area contributed by atoms with Crippen LogP contribution in [0.5, 0.6) is 0 Å². The smallest absolute Gasteiger partial charge is 0.322 e. The van der Waals surface area contributed by atoms with Gasteiger partial charge in [0.1, 0.15) is 18.2 Å². The van der Waals surface area contributed by atoms with Crippen LogP contribution in [0.1, 0.15) is 15.9 Å². The van der Waals surface area contributed by atoms with E-state index in [-0.39, 0.29) is 5.56 Å². The van der Waals surface area contributed by atoms with Crippen LogP contribution < -0.4 is 10.6 Å². The molecule has 1 rings (SSSR count). The van der Waals surface area contributed by atoms with Crippen LogP contribution in [0.15, 0.2) is 12.1 Å². The Hall–Kier alpha value is -2.51. The molecule has 0 aliphatic rings. The van der Waals surface area contributed by atoms with Gasteiger partial charge in [0.2, 0.25) is 5.91 Å². The first-order valence-electron chi connectivity index (χ1n) is 5.53. The van der Waals surface area contributed by atoms with E-state index in [0.29, 0.717) is 6.07 Å². The molecule has 20 heavy (non-hydrogen) atoms. The standard InChI is InChI=1S/C12H12F2N2O4/c1-6-2-7(9(14)3-8(6)13)12(20)16-4-10(17)15-5-11(18)19/h2-3H,4-5H2,1H3,(H,15,17)(H,16,20)(H,18,19). The van der Waals surface area contributed by atoms with Gasteiger partial charge in [-0.1, -0.05) is 0 Å². The first-order valence-corrected chi connectivity index (χ1v) is 5.53. The van der Waals surface area contributed by atoms with Crippen molar-refractivity contribution >= 4 is 17.8 Å². The van der Waals surface area contributed by atoms with Crippen molar-refractivity contribution < 1.29 is 28.3 Å². The third-order valence-electron chi connectivity index (χ3n) is 2.34. The number of carbonyl (C=O) groups is 3. The summed E-state index contributed by atoms with van der Waals surface area (Å²) in [6, 6.07) is 1.60. The summed E-state index contributed by atoms with van der Waals surface area (Å²) in [5, 5.41) is 12.4. The number of carboxylic acid groups (broad SMARTS) is 1. The van der Waals surface area contributed by atoms with Crippen LogP contribution in [0.2, 0.25) is 0 Å². The predicted molar refractivity (Wildman–Crippen MR) is 64.1 cm³/mol. The fraction of sp³-hybridized carbons (Fsp3) is 0.250. The van der Waals surface area contributed by atoms with Crippen LogP contribution in [0, 0.1) is 18.6 Å². The van der Waals surface area contributed by atoms with Crippen molar-refractivity contribution in [3.63, 3.8) is 0 Å². The Morgan fingerprint density at radius 1 is 1.10 bits per heavy atom. The zero-order chi connectivity index (χ0) is 15.3. The molecular formula is C12H12F2N2O4. The number of benzene rings is 1. The molecule has 0 aliphatic heterocycles. The van der Waals surface area contributed by atoms with Gasteiger partial charge >= 0.3 is 5.97 Å². The molecule has 1 aromatic carbocycles. The lowest BCUT2D eigenvalue weighted by Gasteiger charge is -2.07. The Labute approximate surface area is 112 Å². The average molecular weight is 286 g/mol. The van der Waals surface area contributed by atoms with E-state index in [1.807, 2.05) is 5.32 Å². The highest BCUT2D eigenvalue weighted by Crippen LogP contribution is 2.13. The molecule has 0 radical (unpaired) electrons. The molecule has 0 heterocycles. The second-order valence-corrected chi connectivity index (χ2v) is 3.93. The number of carboxylic acids is 1. The number of rotatable bonds is 5. The number of aliphatic carboxylic acids is 1. The lowest BCUT2D eigenvalue weighted by atomic mass is 10.1. The van der Waals surface area contributed by atoms with Crippen molar-refractivity contribution in [2.75, 3.05) is 13.1 Å². The summed E-state index contributed by atoms with van der Waals surface area (Å²) < 4.78 is 26.4. The molecule has 1 aromatic rings. The SMILES string of the molecule is Cc1cc(C(=O)NCC(=O)NCC(=O)O)c(F)cc1F. The van der Waals surface area contributed by atoms with Gasteiger partial charge < -0.3 is 15.7 Å². The van der Waals surface area contributed by atoms with E-state index >= 15 is 0 Å². The summed E-state index contributed by atoms with van der Waals surface area (Å²) >= 11 is 0. The first kappa shape index (κ1) is 15.5. The summed E-state index contributed by atoms with van der Waals surface area (Å²) in [4.78, 5) is 32.9. The molecule has 0 saturated heterocycles. The average Bonchev–Trinajstić information content (AvgIpc) is 2.37. The van der Waals surface area contributed by atoms with Crippen LogP contribution in [-0.2, 0) is 9.59 Å². The minimum absolute atomic E-state index is 0.0897. The number of carbonyl (C=O) groups excluding carboxylic acids is 2. The summed E-state index contributed by atoms with van der Waals surface area (Å²) in [6.07, 6.45) is 0. The van der Waals surface area contributed by atoms with Crippen LogP contribution in [-0.4, -0.2) is 36.0 Å². The monoisotopic (exact) mass is 286 g/mol. The molecule has 0 spiro atoms. The maximum Gasteiger partial charge on any atom is 0.322 e. The number of amides is 2. The van der Waals surface area contributed by atoms with Gasteiger partial charge in [0.05, 0.1) is 12.1 Å². The minimum atomic E-state index is -1.23. The Morgan fingerprint density at radius 3 is 2.35 bits per heavy atom. The third-order valence-corrected chi connectivity index (χ3v) is 2.34. The highest BCUT2D eigenvalue weighted by molar-refractivity contribution is 5.97. The molecule has 0 aromatic heterocycles. The maximum absolute atomic E-state index is 13.4. The Morgan fingerprint density at radius 2 is 1.75 bits per heavy atom. The molecule has 0 bridgehead atoms. The first-order chi connectivity index (χ1) is 9.31. The fourth-order valence-corrected chi connectivity index (χ4v) is 1.32. The van der Waals surface area contributed by atoms with Crippen molar-refractivity contribution in [2.45, 2.75) is 6.92 Å². The molecule has 6 nitrogen and oxygen atoms in total. The quantitative estimate of drug-likeness (QED) is 0.720. The molecule has 0 aliphatic carbocycles. The van der Waals surface area contributed by atoms with Gasteiger partial charge in [0.25, 0.3) is 5.91 Å². The fourth-order valence-electron chi connectivity index (χ4n) is 1.32. The van der Waals surface area contributed by atoms with Gasteiger partial charge in [0.15, 0.2) is 0 Å². The summed E-state index contributed by atoms with van der Waals surface area (Å²) in [6.45, 7) is 0.270. The van der Waals surface area contributed by atoms with E-state index in [9.17, 15) is 23.2 Å². The van der Waals surface area contributed by atoms with Crippen LogP contribution in [0.25, 0.3) is 0 Å². The summed E-state index contributed by atoms with van der Waals surface area (Å²) in [7, 11) is 0. The lowest BCUT2D eigenvalue weighted by molar-refractivity contribution is -0.137. The molecule has 108 valence electrons. The third kappa shape index (κ3) is 4.30. The van der Waals surface area contributed by atoms with Gasteiger partial charge in [-0.05, 0) is 18.6 Å². The molecule has 3 N–H and O–H groups in total. The highest BCUT2D eigenvalue weighted by Gasteiger charge is 2.15. The van der Waals surface area contributed by atoms with E-state index in [1.54, 1.807) is 0 Å². The van der Waals surface area contributed by atoms with Gasteiger partial charge in [-0.2, -0.15) is 0 Å². The Kier molecular flexibility index (Phi) is 5.13. The maximum atomic E-state index is 13.4. The van der Waals surface area contributed by atoms with Crippen molar-refractivity contribution in [3.05, 3.63) is 34.9 Å². The van der Waals surface area contributed by atoms with Crippen LogP contribution in [0.3, 0.4) is 0 Å². The second kappa shape index (κ2) is 6.60. The molecule has 0 unspecified atom stereocenters. The van der Waals surface area contributed by atoms with Crippen LogP contribution >= 0.6 is 0 Å². The summed E-state index contributed by atoms with van der Waals surface area (Å²) in [5.41, 5.74) is -0.304. The van der Waals surface area contributed by atoms with Gasteiger partial charge in [-0.25, -0.2) is 8.78 Å². The number of nitrogens with one attached hydrogen (secondary N) is 2. The van der Waals surface area contributed by atoms with E-state index in [4.69, 9.17) is 5.11 Å². The van der Waals surface area contributed by atoms with E-state index in [2.05, 4.69) is 5.32 Å². The topological polar surface area (TPSA) is 95.5 Å². The van der Waals surface area contributed by atoms with Gasteiger partial charge in [0, 0.05) is 6.07 Å². The Bertz CT molecular complexity index is 561. The van der Waals surface area contributed by atoms with Gasteiger partial charge in [-0.3, -0.25) is 14.4 Å². The number of hydrogen-bond acceptors (Lipinski definition) is 3. The predicted octanol–water partition coefficient (Wildman–Crippen LogP) is 0.204. The largest absolute Gasteiger partial charge is 0.480 e. The van der Waals surface area contributed by atoms with E-state index in [0.717, 1.165) is 6.07 Å². The molecule has 0 atom stereocenters. The molecule has 2 amide bonds. The molecule has 0 saturated carbocycles. The van der Waals surface area contributed by atoms with Crippen molar-refractivity contribution in [1.82, 2.24) is 10.6 Å². The summed E-state index contributed by atoms with van der Waals surface area (Å²) in [5.74, 6) is -4.68. The van der Waals surface area contributed by atoms with Crippen molar-refractivity contribution in [1.29, 1.82) is 0 Å². The lowest BCUT2D eigenvalue weighted by Crippen LogP contribution is -2.39. The van der Waals surface area contributed by atoms with Crippen molar-refractivity contribution in [3.8, 4) is 0 Å². The van der Waals surface area contributed by atoms with E-state index < -0.39 is 48.1 Å². The molecule has 8 heteroatoms. The zero-order valence-corrected chi connectivity index (χ0v) is 10.5. The second-order valence-electron chi connectivity index (χ2n) is 3.93. The van der Waals surface area contributed by atoms with Crippen LogP contribution in [0.4, 0.5) is 8.78 Å².